The maximum Gasteiger partial charge on any atom is 0.264 e. The van der Waals surface area contributed by atoms with Gasteiger partial charge in [0, 0.05) is 23.7 Å². The summed E-state index contributed by atoms with van der Waals surface area (Å²) in [5.74, 6) is 0.169. The van der Waals surface area contributed by atoms with E-state index < -0.39 is 28.5 Å². The molecule has 1 unspecified atom stereocenters. The van der Waals surface area contributed by atoms with Gasteiger partial charge in [0.2, 0.25) is 11.8 Å². The Labute approximate surface area is 252 Å². The lowest BCUT2D eigenvalue weighted by molar-refractivity contribution is -0.139. The Bertz CT molecular complexity index is 1500. The van der Waals surface area contributed by atoms with Crippen molar-refractivity contribution in [2.24, 2.45) is 0 Å². The van der Waals surface area contributed by atoms with Gasteiger partial charge in [0.1, 0.15) is 18.3 Å². The van der Waals surface area contributed by atoms with Crippen LogP contribution < -0.4 is 23.8 Å². The molecule has 0 saturated heterocycles. The molecule has 1 N–H and O–H groups in total. The number of amides is 2. The molecule has 3 aromatic rings. The van der Waals surface area contributed by atoms with E-state index in [1.807, 2.05) is 13.8 Å². The molecule has 0 aliphatic heterocycles. The number of methoxy groups -OCH3 is 3. The average Bonchev–Trinajstić information content (AvgIpc) is 2.97. The second-order valence-corrected chi connectivity index (χ2v) is 12.0. The number of anilines is 1. The van der Waals surface area contributed by atoms with Gasteiger partial charge in [0.15, 0.2) is 11.5 Å². The molecular formula is C30H36ClN3O7S. The highest BCUT2D eigenvalue weighted by molar-refractivity contribution is 7.92. The highest BCUT2D eigenvalue weighted by Crippen LogP contribution is 2.32. The number of nitrogens with one attached hydrogen (secondary N) is 1. The van der Waals surface area contributed by atoms with Crippen molar-refractivity contribution in [2.45, 2.75) is 44.3 Å². The molecule has 0 fully saturated rings. The van der Waals surface area contributed by atoms with Gasteiger partial charge in [0.25, 0.3) is 10.0 Å². The van der Waals surface area contributed by atoms with E-state index in [1.54, 1.807) is 31.2 Å². The first-order valence-electron chi connectivity index (χ1n) is 13.1. The average molecular weight is 618 g/mol. The number of rotatable bonds is 13. The molecule has 0 aromatic heterocycles. The van der Waals surface area contributed by atoms with Crippen molar-refractivity contribution in [3.63, 3.8) is 0 Å². The summed E-state index contributed by atoms with van der Waals surface area (Å²) in [6.07, 6.45) is 0. The molecule has 10 nitrogen and oxygen atoms in total. The summed E-state index contributed by atoms with van der Waals surface area (Å²) in [5, 5.41) is 3.22. The first-order valence-corrected chi connectivity index (χ1v) is 15.0. The maximum absolute atomic E-state index is 14.1. The third-order valence-corrected chi connectivity index (χ3v) is 8.44. The van der Waals surface area contributed by atoms with Gasteiger partial charge in [-0.1, -0.05) is 23.7 Å². The van der Waals surface area contributed by atoms with E-state index >= 15 is 0 Å². The monoisotopic (exact) mass is 617 g/mol. The number of sulfonamides is 1. The minimum atomic E-state index is -4.31. The lowest BCUT2D eigenvalue weighted by atomic mass is 10.1. The molecule has 42 heavy (non-hydrogen) atoms. The number of halogens is 1. The molecule has 2 amide bonds. The smallest absolute Gasteiger partial charge is 0.264 e. The first-order chi connectivity index (χ1) is 19.9. The van der Waals surface area contributed by atoms with Crippen LogP contribution in [0.15, 0.2) is 71.6 Å². The van der Waals surface area contributed by atoms with E-state index in [0.29, 0.717) is 22.1 Å². The second-order valence-electron chi connectivity index (χ2n) is 9.72. The fourth-order valence-electron chi connectivity index (χ4n) is 4.20. The summed E-state index contributed by atoms with van der Waals surface area (Å²) >= 11 is 6.08. The van der Waals surface area contributed by atoms with Crippen LogP contribution in [0.5, 0.6) is 17.2 Å². The highest BCUT2D eigenvalue weighted by Gasteiger charge is 2.33. The molecule has 12 heteroatoms. The number of hydrogen-bond acceptors (Lipinski definition) is 7. The number of benzene rings is 3. The van der Waals surface area contributed by atoms with E-state index in [2.05, 4.69) is 5.32 Å². The van der Waals surface area contributed by atoms with Crippen molar-refractivity contribution < 1.29 is 32.2 Å². The van der Waals surface area contributed by atoms with Gasteiger partial charge in [-0.25, -0.2) is 8.42 Å². The zero-order valence-corrected chi connectivity index (χ0v) is 26.0. The predicted molar refractivity (Wildman–Crippen MR) is 162 cm³/mol. The minimum Gasteiger partial charge on any atom is -0.497 e. The lowest BCUT2D eigenvalue weighted by Gasteiger charge is -2.32. The highest BCUT2D eigenvalue weighted by atomic mass is 35.5. The molecular weight excluding hydrogens is 582 g/mol. The maximum atomic E-state index is 14.1. The Balaban J connectivity index is 2.07. The van der Waals surface area contributed by atoms with Gasteiger partial charge in [0.05, 0.1) is 31.9 Å². The molecule has 3 aromatic carbocycles. The summed E-state index contributed by atoms with van der Waals surface area (Å²) < 4.78 is 45.0. The number of ether oxygens (including phenoxy) is 3. The molecule has 0 saturated carbocycles. The van der Waals surface area contributed by atoms with Crippen LogP contribution in [-0.4, -0.2) is 65.1 Å². The molecule has 0 aliphatic rings. The summed E-state index contributed by atoms with van der Waals surface area (Å²) in [6, 6.07) is 16.3. The van der Waals surface area contributed by atoms with Crippen molar-refractivity contribution in [3.8, 4) is 17.2 Å². The van der Waals surface area contributed by atoms with Crippen LogP contribution in [0.2, 0.25) is 5.02 Å². The Hall–Kier alpha value is -3.96. The number of hydrogen-bond donors (Lipinski definition) is 1. The molecule has 0 radical (unpaired) electrons. The van der Waals surface area contributed by atoms with Gasteiger partial charge in [-0.2, -0.15) is 0 Å². The van der Waals surface area contributed by atoms with Gasteiger partial charge in [-0.05, 0) is 74.9 Å². The van der Waals surface area contributed by atoms with Crippen LogP contribution in [0.25, 0.3) is 0 Å². The van der Waals surface area contributed by atoms with Crippen LogP contribution in [0, 0.1) is 0 Å². The summed E-state index contributed by atoms with van der Waals surface area (Å²) in [5.41, 5.74) is 0.913. The normalized spacial score (nSPS) is 11.9. The van der Waals surface area contributed by atoms with Crippen LogP contribution in [0.3, 0.4) is 0 Å². The lowest BCUT2D eigenvalue weighted by Crippen LogP contribution is -2.52. The predicted octanol–water partition coefficient (Wildman–Crippen LogP) is 4.50. The molecule has 0 spiro atoms. The molecule has 1 atom stereocenters. The Morgan fingerprint density at radius 2 is 1.55 bits per heavy atom. The summed E-state index contributed by atoms with van der Waals surface area (Å²) in [6.45, 7) is 4.67. The van der Waals surface area contributed by atoms with Crippen molar-refractivity contribution in [3.05, 3.63) is 77.3 Å². The van der Waals surface area contributed by atoms with Crippen molar-refractivity contribution in [2.75, 3.05) is 32.2 Å². The van der Waals surface area contributed by atoms with Crippen LogP contribution in [0.4, 0.5) is 5.69 Å². The fourth-order valence-corrected chi connectivity index (χ4v) is 5.75. The molecule has 0 bridgehead atoms. The number of nitrogens with zero attached hydrogens (tertiary/aromatic N) is 2. The zero-order chi connectivity index (χ0) is 31.0. The van der Waals surface area contributed by atoms with Crippen LogP contribution >= 0.6 is 11.6 Å². The zero-order valence-electron chi connectivity index (χ0n) is 24.5. The largest absolute Gasteiger partial charge is 0.497 e. The van der Waals surface area contributed by atoms with Crippen LogP contribution in [0.1, 0.15) is 26.3 Å². The first kappa shape index (κ1) is 32.6. The quantitative estimate of drug-likeness (QED) is 0.300. The van der Waals surface area contributed by atoms with E-state index in [-0.39, 0.29) is 34.8 Å². The fraction of sp³-hybridized carbons (Fsp3) is 0.333. The topological polar surface area (TPSA) is 114 Å². The Kier molecular flexibility index (Phi) is 11.1. The van der Waals surface area contributed by atoms with Crippen molar-refractivity contribution >= 4 is 39.1 Å². The van der Waals surface area contributed by atoms with Gasteiger partial charge in [-0.3, -0.25) is 13.9 Å². The van der Waals surface area contributed by atoms with E-state index in [4.69, 9.17) is 25.8 Å². The molecule has 226 valence electrons. The molecule has 3 rings (SSSR count). The van der Waals surface area contributed by atoms with Gasteiger partial charge in [-0.15, -0.1) is 0 Å². The summed E-state index contributed by atoms with van der Waals surface area (Å²) in [7, 11) is 0.0568. The number of carbonyl (C=O) groups excluding carboxylic acids is 2. The third-order valence-electron chi connectivity index (χ3n) is 6.42. The van der Waals surface area contributed by atoms with Crippen molar-refractivity contribution in [1.82, 2.24) is 10.2 Å². The molecule has 0 heterocycles. The van der Waals surface area contributed by atoms with E-state index in [0.717, 1.165) is 4.31 Å². The van der Waals surface area contributed by atoms with Gasteiger partial charge < -0.3 is 24.4 Å². The van der Waals surface area contributed by atoms with Crippen LogP contribution in [-0.2, 0) is 26.2 Å². The van der Waals surface area contributed by atoms with E-state index in [1.165, 1.54) is 68.7 Å². The Morgan fingerprint density at radius 1 is 0.881 bits per heavy atom. The second kappa shape index (κ2) is 14.3. The summed E-state index contributed by atoms with van der Waals surface area (Å²) in [4.78, 5) is 28.3. The standard InChI is InChI=1S/C30H36ClN3O7S/c1-20(2)32-30(36)21(3)33(18-22-8-7-9-25(16-22)39-4)29(35)19-34(24-12-10-23(31)11-13-24)42(37,38)26-14-15-27(40-5)28(17-26)41-6/h7-17,20-21H,18-19H2,1-6H3,(H,32,36). The van der Waals surface area contributed by atoms with Gasteiger partial charge >= 0.3 is 0 Å². The molecule has 0 aliphatic carbocycles. The minimum absolute atomic E-state index is 0.0353. The SMILES string of the molecule is COc1cccc(CN(C(=O)CN(c2ccc(Cl)cc2)S(=O)(=O)c2ccc(OC)c(OC)c2)C(C)C(=O)NC(C)C)c1. The third kappa shape index (κ3) is 7.86. The van der Waals surface area contributed by atoms with E-state index in [9.17, 15) is 18.0 Å². The Morgan fingerprint density at radius 3 is 2.14 bits per heavy atom. The number of carbonyl (C=O) groups is 2. The van der Waals surface area contributed by atoms with Crippen molar-refractivity contribution in [1.29, 1.82) is 0 Å².